The van der Waals surface area contributed by atoms with Crippen LogP contribution in [0.25, 0.3) is 0 Å². The Labute approximate surface area is 170 Å². The minimum Gasteiger partial charge on any atom is -0.379 e. The Balaban J connectivity index is 1.51. The molecule has 2 saturated heterocycles. The number of carbonyl (C=O) groups excluding carboxylic acids is 1. The fourth-order valence-electron chi connectivity index (χ4n) is 4.52. The molecule has 4 rings (SSSR count). The van der Waals surface area contributed by atoms with E-state index in [9.17, 15) is 13.6 Å². The highest BCUT2D eigenvalue weighted by atomic mass is 19.1. The van der Waals surface area contributed by atoms with Crippen LogP contribution in [-0.2, 0) is 16.1 Å². The van der Waals surface area contributed by atoms with Crippen molar-refractivity contribution in [2.24, 2.45) is 5.41 Å². The molecule has 2 fully saturated rings. The first-order valence-electron chi connectivity index (χ1n) is 10.0. The Bertz CT molecular complexity index is 876. The minimum absolute atomic E-state index is 0.0135. The third-order valence-corrected chi connectivity index (χ3v) is 6.02. The summed E-state index contributed by atoms with van der Waals surface area (Å²) in [6.45, 7) is 5.21. The summed E-state index contributed by atoms with van der Waals surface area (Å²) in [6, 6.07) is 13.5. The van der Waals surface area contributed by atoms with Crippen LogP contribution in [-0.4, -0.2) is 48.6 Å². The molecule has 1 amide bonds. The van der Waals surface area contributed by atoms with E-state index >= 15 is 0 Å². The fraction of sp³-hybridized carbons (Fsp3) is 0.435. The van der Waals surface area contributed by atoms with Gasteiger partial charge in [-0.25, -0.2) is 8.78 Å². The van der Waals surface area contributed by atoms with E-state index in [0.717, 1.165) is 17.7 Å². The van der Waals surface area contributed by atoms with Gasteiger partial charge < -0.3 is 9.64 Å². The molecule has 2 atom stereocenters. The van der Waals surface area contributed by atoms with Crippen molar-refractivity contribution in [3.63, 3.8) is 0 Å². The quantitative estimate of drug-likeness (QED) is 0.783. The highest BCUT2D eigenvalue weighted by Crippen LogP contribution is 2.38. The number of carbonyl (C=O) groups is 1. The van der Waals surface area contributed by atoms with Gasteiger partial charge in [-0.05, 0) is 30.7 Å². The normalized spacial score (nSPS) is 24.1. The largest absolute Gasteiger partial charge is 0.379 e. The maximum atomic E-state index is 14.1. The molecule has 2 aliphatic rings. The average molecular weight is 400 g/mol. The van der Waals surface area contributed by atoms with Crippen molar-refractivity contribution in [2.75, 3.05) is 32.8 Å². The smallest absolute Gasteiger partial charge is 0.223 e. The van der Waals surface area contributed by atoms with E-state index < -0.39 is 11.6 Å². The standard InChI is InChI=1S/C23H26F2N2O2/c1-17(18-5-3-2-4-6-18)27-15-23(12-22(27)28)14-26(9-10-29-16-23)13-19-11-20(24)7-8-21(19)25/h2-8,11,17H,9-10,12-16H2,1H3/t17-,23-/m1/s1. The first-order chi connectivity index (χ1) is 14.0. The van der Waals surface area contributed by atoms with Crippen LogP contribution in [0.1, 0.15) is 30.5 Å². The predicted molar refractivity (Wildman–Crippen MR) is 106 cm³/mol. The van der Waals surface area contributed by atoms with Crippen LogP contribution in [0.5, 0.6) is 0 Å². The van der Waals surface area contributed by atoms with Crippen molar-refractivity contribution >= 4 is 5.91 Å². The van der Waals surface area contributed by atoms with Gasteiger partial charge in [0.2, 0.25) is 5.91 Å². The minimum atomic E-state index is -0.443. The van der Waals surface area contributed by atoms with E-state index in [1.165, 1.54) is 6.07 Å². The van der Waals surface area contributed by atoms with E-state index in [2.05, 4.69) is 4.90 Å². The molecule has 0 aromatic heterocycles. The zero-order chi connectivity index (χ0) is 20.4. The topological polar surface area (TPSA) is 32.8 Å². The van der Waals surface area contributed by atoms with Crippen LogP contribution in [0, 0.1) is 17.0 Å². The molecule has 4 nitrogen and oxygen atoms in total. The van der Waals surface area contributed by atoms with Crippen molar-refractivity contribution in [3.05, 3.63) is 71.3 Å². The molecule has 29 heavy (non-hydrogen) atoms. The van der Waals surface area contributed by atoms with Gasteiger partial charge in [0.15, 0.2) is 0 Å². The number of hydrogen-bond donors (Lipinski definition) is 0. The summed E-state index contributed by atoms with van der Waals surface area (Å²) in [5, 5.41) is 0. The molecule has 0 radical (unpaired) electrons. The molecule has 0 unspecified atom stereocenters. The van der Waals surface area contributed by atoms with Gasteiger partial charge in [-0.3, -0.25) is 9.69 Å². The zero-order valence-electron chi connectivity index (χ0n) is 16.6. The summed E-state index contributed by atoms with van der Waals surface area (Å²) in [7, 11) is 0. The Morgan fingerprint density at radius 2 is 1.93 bits per heavy atom. The van der Waals surface area contributed by atoms with Gasteiger partial charge >= 0.3 is 0 Å². The molecule has 154 valence electrons. The number of benzene rings is 2. The maximum Gasteiger partial charge on any atom is 0.223 e. The van der Waals surface area contributed by atoms with Crippen LogP contribution in [0.15, 0.2) is 48.5 Å². The van der Waals surface area contributed by atoms with Gasteiger partial charge in [0.1, 0.15) is 11.6 Å². The lowest BCUT2D eigenvalue weighted by atomic mass is 9.87. The van der Waals surface area contributed by atoms with Crippen molar-refractivity contribution in [2.45, 2.75) is 25.9 Å². The van der Waals surface area contributed by atoms with Gasteiger partial charge in [0.25, 0.3) is 0 Å². The first-order valence-corrected chi connectivity index (χ1v) is 10.0. The molecule has 0 N–H and O–H groups in total. The molecule has 1 spiro atoms. The van der Waals surface area contributed by atoms with Crippen molar-refractivity contribution in [3.8, 4) is 0 Å². The summed E-state index contributed by atoms with van der Waals surface area (Å²) < 4.78 is 33.5. The number of halogens is 2. The third kappa shape index (κ3) is 4.33. The van der Waals surface area contributed by atoms with E-state index in [1.807, 2.05) is 42.2 Å². The maximum absolute atomic E-state index is 14.1. The average Bonchev–Trinajstić information content (AvgIpc) is 2.90. The predicted octanol–water partition coefficient (Wildman–Crippen LogP) is 3.78. The number of amides is 1. The number of nitrogens with zero attached hydrogens (tertiary/aromatic N) is 2. The summed E-state index contributed by atoms with van der Waals surface area (Å²) in [6.07, 6.45) is 0.409. The Kier molecular flexibility index (Phi) is 5.65. The lowest BCUT2D eigenvalue weighted by Crippen LogP contribution is -2.41. The molecule has 2 aliphatic heterocycles. The Hall–Kier alpha value is -2.31. The summed E-state index contributed by atoms with van der Waals surface area (Å²) in [4.78, 5) is 16.9. The molecule has 0 bridgehead atoms. The van der Waals surface area contributed by atoms with Crippen LogP contribution >= 0.6 is 0 Å². The molecule has 2 aromatic rings. The van der Waals surface area contributed by atoms with E-state index in [-0.39, 0.29) is 17.4 Å². The van der Waals surface area contributed by atoms with E-state index in [1.54, 1.807) is 0 Å². The van der Waals surface area contributed by atoms with Crippen molar-refractivity contribution in [1.82, 2.24) is 9.80 Å². The van der Waals surface area contributed by atoms with Crippen LogP contribution < -0.4 is 0 Å². The van der Waals surface area contributed by atoms with Gasteiger partial charge in [0.05, 0.1) is 19.3 Å². The van der Waals surface area contributed by atoms with Crippen LogP contribution in [0.4, 0.5) is 8.78 Å². The second-order valence-corrected chi connectivity index (χ2v) is 8.28. The second-order valence-electron chi connectivity index (χ2n) is 8.28. The zero-order valence-corrected chi connectivity index (χ0v) is 16.6. The molecular formula is C23H26F2N2O2. The number of hydrogen-bond acceptors (Lipinski definition) is 3. The molecule has 0 saturated carbocycles. The Morgan fingerprint density at radius 1 is 1.14 bits per heavy atom. The summed E-state index contributed by atoms with van der Waals surface area (Å²) in [5.41, 5.74) is 1.10. The summed E-state index contributed by atoms with van der Waals surface area (Å²) in [5.74, 6) is -0.739. The molecule has 2 aromatic carbocycles. The monoisotopic (exact) mass is 400 g/mol. The highest BCUT2D eigenvalue weighted by molar-refractivity contribution is 5.80. The Morgan fingerprint density at radius 3 is 2.72 bits per heavy atom. The van der Waals surface area contributed by atoms with Crippen molar-refractivity contribution < 1.29 is 18.3 Å². The number of likely N-dealkylation sites (tertiary alicyclic amines) is 1. The summed E-state index contributed by atoms with van der Waals surface area (Å²) >= 11 is 0. The van der Waals surface area contributed by atoms with Gasteiger partial charge in [-0.2, -0.15) is 0 Å². The lowest BCUT2D eigenvalue weighted by molar-refractivity contribution is -0.129. The van der Waals surface area contributed by atoms with E-state index in [4.69, 9.17) is 4.74 Å². The van der Waals surface area contributed by atoms with E-state index in [0.29, 0.717) is 51.4 Å². The number of ether oxygens (including phenoxy) is 1. The lowest BCUT2D eigenvalue weighted by Gasteiger charge is -2.33. The molecule has 2 heterocycles. The number of rotatable bonds is 4. The first kappa shape index (κ1) is 20.0. The molecular weight excluding hydrogens is 374 g/mol. The van der Waals surface area contributed by atoms with Gasteiger partial charge in [0, 0.05) is 43.6 Å². The highest BCUT2D eigenvalue weighted by Gasteiger charge is 2.46. The van der Waals surface area contributed by atoms with Crippen LogP contribution in [0.2, 0.25) is 0 Å². The second kappa shape index (κ2) is 8.20. The van der Waals surface area contributed by atoms with Crippen molar-refractivity contribution in [1.29, 1.82) is 0 Å². The third-order valence-electron chi connectivity index (χ3n) is 6.02. The van der Waals surface area contributed by atoms with Gasteiger partial charge in [-0.1, -0.05) is 30.3 Å². The fourth-order valence-corrected chi connectivity index (χ4v) is 4.52. The molecule has 0 aliphatic carbocycles. The SMILES string of the molecule is C[C@H](c1ccccc1)N1C[C@@]2(COCCN(Cc3cc(F)ccc3F)C2)CC1=O. The molecule has 6 heteroatoms. The van der Waals surface area contributed by atoms with Gasteiger partial charge in [-0.15, -0.1) is 0 Å². The van der Waals surface area contributed by atoms with Crippen LogP contribution in [0.3, 0.4) is 0 Å².